The molecule has 0 fully saturated rings. The average Bonchev–Trinajstić information content (AvgIpc) is 3.54. The number of aromatic nitrogens is 4. The van der Waals surface area contributed by atoms with Crippen molar-refractivity contribution < 1.29 is 4.79 Å². The molecule has 0 saturated heterocycles. The molecule has 0 unspecified atom stereocenters. The van der Waals surface area contributed by atoms with Crippen LogP contribution in [0.15, 0.2) is 66.9 Å². The Morgan fingerprint density at radius 1 is 1.08 bits per heavy atom. The zero-order chi connectivity index (χ0) is 25.6. The first-order valence-corrected chi connectivity index (χ1v) is 12.9. The first-order valence-electron chi connectivity index (χ1n) is 12.9. The number of carbonyl (C=O) groups excluding carboxylic acids is 1. The van der Waals surface area contributed by atoms with Crippen molar-refractivity contribution in [3.8, 4) is 16.9 Å². The molecule has 1 amide bonds. The molecule has 2 aromatic carbocycles. The third kappa shape index (κ3) is 5.65. The fourth-order valence-electron chi connectivity index (χ4n) is 4.33. The summed E-state index contributed by atoms with van der Waals surface area (Å²) in [6, 6.07) is 18.4. The van der Waals surface area contributed by atoms with Gasteiger partial charge in [-0.1, -0.05) is 61.7 Å². The van der Waals surface area contributed by atoms with Crippen LogP contribution in [0.25, 0.3) is 23.1 Å². The van der Waals surface area contributed by atoms with Gasteiger partial charge in [0.2, 0.25) is 0 Å². The Hall–Kier alpha value is -4.17. The summed E-state index contributed by atoms with van der Waals surface area (Å²) >= 11 is 0. The largest absolute Gasteiger partial charge is 0.366 e. The number of anilines is 2. The van der Waals surface area contributed by atoms with Crippen LogP contribution in [-0.4, -0.2) is 38.6 Å². The summed E-state index contributed by atoms with van der Waals surface area (Å²) in [5, 5.41) is 18.9. The highest BCUT2D eigenvalue weighted by molar-refractivity contribution is 6.07. The number of nitrogens with one attached hydrogen (secondary N) is 3. The monoisotopic (exact) mass is 495 g/mol. The Kier molecular flexibility index (Phi) is 7.46. The van der Waals surface area contributed by atoms with Crippen LogP contribution in [0, 0.1) is 6.92 Å². The van der Waals surface area contributed by atoms with E-state index in [0.29, 0.717) is 23.7 Å². The lowest BCUT2D eigenvalue weighted by Crippen LogP contribution is -2.18. The van der Waals surface area contributed by atoms with Crippen LogP contribution in [0.2, 0.25) is 0 Å². The van der Waals surface area contributed by atoms with Gasteiger partial charge in [-0.25, -0.2) is 9.36 Å². The minimum absolute atomic E-state index is 0.242. The molecule has 5 rings (SSSR count). The molecule has 0 radical (unpaired) electrons. The average molecular weight is 496 g/mol. The lowest BCUT2D eigenvalue weighted by atomic mass is 10.1. The fraction of sp³-hybridized carbons (Fsp3) is 0.276. The fourth-order valence-corrected chi connectivity index (χ4v) is 4.33. The molecule has 8 nitrogen and oxygen atoms in total. The predicted octanol–water partition coefficient (Wildman–Crippen LogP) is 5.47. The number of amides is 1. The standard InChI is InChI=1S/C29H33N7O/c1-3-4-5-15-30-19-22-9-11-23(12-10-22)26-18-27(36(34-26)24-13-7-21(2)8-14-24)33-29(37)25-20-32-35-17-6-16-31-28(25)35/h6-14,17-18,20,30-31H,3-5,15-16,19H2,1-2H3,(H,33,37). The molecule has 3 N–H and O–H groups in total. The molecule has 8 heteroatoms. The number of nitrogens with zero attached hydrogens (tertiary/aromatic N) is 4. The van der Waals surface area contributed by atoms with Crippen LogP contribution in [0.5, 0.6) is 0 Å². The van der Waals surface area contributed by atoms with E-state index in [0.717, 1.165) is 35.6 Å². The maximum absolute atomic E-state index is 13.3. The van der Waals surface area contributed by atoms with Crippen molar-refractivity contribution in [3.63, 3.8) is 0 Å². The molecule has 0 bridgehead atoms. The number of benzene rings is 2. The van der Waals surface area contributed by atoms with Gasteiger partial charge >= 0.3 is 0 Å². The Labute approximate surface area is 217 Å². The van der Waals surface area contributed by atoms with Crippen LogP contribution in [0.4, 0.5) is 11.6 Å². The first-order chi connectivity index (χ1) is 18.1. The van der Waals surface area contributed by atoms with Crippen LogP contribution >= 0.6 is 0 Å². The highest BCUT2D eigenvalue weighted by atomic mass is 16.1. The number of hydrogen-bond acceptors (Lipinski definition) is 5. The number of hydrogen-bond donors (Lipinski definition) is 3. The van der Waals surface area contributed by atoms with Crippen molar-refractivity contribution in [1.82, 2.24) is 24.9 Å². The predicted molar refractivity (Wildman–Crippen MR) is 149 cm³/mol. The van der Waals surface area contributed by atoms with Crippen molar-refractivity contribution in [2.24, 2.45) is 0 Å². The van der Waals surface area contributed by atoms with E-state index >= 15 is 0 Å². The third-order valence-corrected chi connectivity index (χ3v) is 6.44. The topological polar surface area (TPSA) is 88.8 Å². The first kappa shape index (κ1) is 24.5. The van der Waals surface area contributed by atoms with E-state index in [2.05, 4.69) is 52.2 Å². The molecule has 0 spiro atoms. The van der Waals surface area contributed by atoms with Crippen LogP contribution in [0.1, 0.15) is 47.7 Å². The van der Waals surface area contributed by atoms with Crippen LogP contribution in [-0.2, 0) is 6.54 Å². The molecule has 37 heavy (non-hydrogen) atoms. The molecule has 1 aliphatic heterocycles. The quantitative estimate of drug-likeness (QED) is 0.254. The summed E-state index contributed by atoms with van der Waals surface area (Å²) in [4.78, 5) is 13.3. The molecular weight excluding hydrogens is 462 g/mol. The van der Waals surface area contributed by atoms with Gasteiger partial charge in [-0.15, -0.1) is 0 Å². The van der Waals surface area contributed by atoms with Gasteiger partial charge in [0.25, 0.3) is 5.91 Å². The summed E-state index contributed by atoms with van der Waals surface area (Å²) in [7, 11) is 0. The van der Waals surface area contributed by atoms with Crippen LogP contribution < -0.4 is 16.0 Å². The normalized spacial score (nSPS) is 12.3. The number of fused-ring (bicyclic) bond motifs is 1. The second-order valence-corrected chi connectivity index (χ2v) is 9.31. The molecular formula is C29H33N7O. The van der Waals surface area contributed by atoms with Gasteiger partial charge in [-0.2, -0.15) is 10.2 Å². The number of aryl methyl sites for hydroxylation is 1. The molecule has 190 valence electrons. The van der Waals surface area contributed by atoms with E-state index in [1.165, 1.54) is 24.8 Å². The SMILES string of the molecule is CCCCCNCc1ccc(-c2cc(NC(=O)c3cnn4c3NCC=C4)n(-c3ccc(C)cc3)n2)cc1. The Bertz CT molecular complexity index is 1380. The smallest absolute Gasteiger partial charge is 0.262 e. The van der Waals surface area contributed by atoms with Crippen molar-refractivity contribution >= 4 is 23.7 Å². The molecule has 1 aliphatic rings. The highest BCUT2D eigenvalue weighted by Gasteiger charge is 2.21. The summed E-state index contributed by atoms with van der Waals surface area (Å²) in [5.74, 6) is 1.03. The van der Waals surface area contributed by atoms with E-state index in [1.54, 1.807) is 15.6 Å². The lowest BCUT2D eigenvalue weighted by Gasteiger charge is -2.12. The molecule has 0 aliphatic carbocycles. The van der Waals surface area contributed by atoms with Crippen LogP contribution in [0.3, 0.4) is 0 Å². The van der Waals surface area contributed by atoms with E-state index in [9.17, 15) is 4.79 Å². The minimum Gasteiger partial charge on any atom is -0.366 e. The van der Waals surface area contributed by atoms with Crippen molar-refractivity contribution in [2.75, 3.05) is 23.7 Å². The zero-order valence-corrected chi connectivity index (χ0v) is 21.4. The van der Waals surface area contributed by atoms with Gasteiger partial charge in [0.1, 0.15) is 17.2 Å². The number of unbranched alkanes of at least 4 members (excludes halogenated alkanes) is 2. The minimum atomic E-state index is -0.242. The summed E-state index contributed by atoms with van der Waals surface area (Å²) in [5.41, 5.74) is 5.53. The number of carbonyl (C=O) groups is 1. The summed E-state index contributed by atoms with van der Waals surface area (Å²) < 4.78 is 3.44. The van der Waals surface area contributed by atoms with E-state index in [-0.39, 0.29) is 5.91 Å². The third-order valence-electron chi connectivity index (χ3n) is 6.44. The highest BCUT2D eigenvalue weighted by Crippen LogP contribution is 2.27. The van der Waals surface area contributed by atoms with Gasteiger partial charge in [-0.3, -0.25) is 4.79 Å². The Balaban J connectivity index is 1.39. The van der Waals surface area contributed by atoms with Gasteiger partial charge in [-0.05, 0) is 43.7 Å². The second-order valence-electron chi connectivity index (χ2n) is 9.31. The van der Waals surface area contributed by atoms with Gasteiger partial charge in [0.05, 0.1) is 17.6 Å². The molecule has 4 aromatic rings. The van der Waals surface area contributed by atoms with E-state index in [4.69, 9.17) is 5.10 Å². The zero-order valence-electron chi connectivity index (χ0n) is 21.4. The van der Waals surface area contributed by atoms with Gasteiger partial charge in [0.15, 0.2) is 0 Å². The van der Waals surface area contributed by atoms with Crippen molar-refractivity contribution in [2.45, 2.75) is 39.7 Å². The maximum Gasteiger partial charge on any atom is 0.262 e. The molecule has 0 atom stereocenters. The number of rotatable bonds is 10. The lowest BCUT2D eigenvalue weighted by molar-refractivity contribution is 0.102. The van der Waals surface area contributed by atoms with Gasteiger partial charge < -0.3 is 16.0 Å². The molecule has 3 heterocycles. The Morgan fingerprint density at radius 2 is 1.89 bits per heavy atom. The Morgan fingerprint density at radius 3 is 2.68 bits per heavy atom. The van der Waals surface area contributed by atoms with E-state index < -0.39 is 0 Å². The molecule has 2 aromatic heterocycles. The second kappa shape index (κ2) is 11.3. The maximum atomic E-state index is 13.3. The molecule has 0 saturated carbocycles. The summed E-state index contributed by atoms with van der Waals surface area (Å²) in [6.07, 6.45) is 9.07. The summed E-state index contributed by atoms with van der Waals surface area (Å²) in [6.45, 7) is 6.80. The van der Waals surface area contributed by atoms with Crippen molar-refractivity contribution in [3.05, 3.63) is 83.6 Å². The van der Waals surface area contributed by atoms with E-state index in [1.807, 2.05) is 49.5 Å². The van der Waals surface area contributed by atoms with Crippen molar-refractivity contribution in [1.29, 1.82) is 0 Å². The van der Waals surface area contributed by atoms with Gasteiger partial charge in [0, 0.05) is 30.9 Å².